The Hall–Kier alpha value is -1.23. The number of carbonyl (C=O) groups is 3. The van der Waals surface area contributed by atoms with Gasteiger partial charge in [0.2, 0.25) is 11.8 Å². The molecule has 2 heterocycles. The van der Waals surface area contributed by atoms with E-state index in [9.17, 15) is 14.4 Å². The van der Waals surface area contributed by atoms with E-state index in [0.29, 0.717) is 31.5 Å². The highest BCUT2D eigenvalue weighted by Gasteiger charge is 2.24. The van der Waals surface area contributed by atoms with E-state index >= 15 is 0 Å². The van der Waals surface area contributed by atoms with E-state index in [1.165, 1.54) is 19.3 Å². The summed E-state index contributed by atoms with van der Waals surface area (Å²) < 4.78 is 0. The van der Waals surface area contributed by atoms with Gasteiger partial charge in [0, 0.05) is 24.9 Å². The molecule has 2 saturated heterocycles. The molecule has 5 heteroatoms. The van der Waals surface area contributed by atoms with Crippen LogP contribution in [-0.2, 0) is 14.4 Å². The van der Waals surface area contributed by atoms with Gasteiger partial charge in [0.05, 0.1) is 6.54 Å². The molecule has 0 bridgehead atoms. The molecule has 0 aliphatic carbocycles. The predicted molar refractivity (Wildman–Crippen MR) is 72.5 cm³/mol. The summed E-state index contributed by atoms with van der Waals surface area (Å²) in [6.45, 7) is 6.76. The molecule has 108 valence electrons. The Morgan fingerprint density at radius 2 is 1.63 bits per heavy atom. The molecule has 19 heavy (non-hydrogen) atoms. The van der Waals surface area contributed by atoms with Crippen LogP contribution in [0.25, 0.3) is 0 Å². The van der Waals surface area contributed by atoms with Crippen LogP contribution in [0.1, 0.15) is 52.9 Å². The number of likely N-dealkylation sites (tertiary alicyclic amines) is 1. The lowest BCUT2D eigenvalue weighted by Crippen LogP contribution is -2.45. The largest absolute Gasteiger partial charge is 0.299 e. The molecule has 0 saturated carbocycles. The van der Waals surface area contributed by atoms with Crippen molar-refractivity contribution >= 4 is 17.6 Å². The number of hydrogen-bond donors (Lipinski definition) is 1. The smallest absolute Gasteiger partial charge is 0.227 e. The molecule has 0 spiro atoms. The molecule has 0 aromatic heterocycles. The summed E-state index contributed by atoms with van der Waals surface area (Å²) in [5.41, 5.74) is 0. The van der Waals surface area contributed by atoms with Gasteiger partial charge in [-0.15, -0.1) is 0 Å². The van der Waals surface area contributed by atoms with Gasteiger partial charge in [-0.25, -0.2) is 0 Å². The fraction of sp³-hybridized carbons (Fsp3) is 0.786. The third-order valence-corrected chi connectivity index (χ3v) is 3.64. The third-order valence-electron chi connectivity index (χ3n) is 3.64. The van der Waals surface area contributed by atoms with Crippen LogP contribution in [0.2, 0.25) is 0 Å². The number of piperidine rings is 1. The number of nitrogens with one attached hydrogen (secondary N) is 1. The molecule has 0 aromatic carbocycles. The Morgan fingerprint density at radius 3 is 1.95 bits per heavy atom. The lowest BCUT2D eigenvalue weighted by atomic mass is 9.97. The summed E-state index contributed by atoms with van der Waals surface area (Å²) >= 11 is 0. The minimum atomic E-state index is -0.148. The quantitative estimate of drug-likeness (QED) is 0.766. The number of rotatable bonds is 2. The minimum absolute atomic E-state index is 0.148. The lowest BCUT2D eigenvalue weighted by molar-refractivity contribution is -0.125. The van der Waals surface area contributed by atoms with Crippen LogP contribution in [0.4, 0.5) is 0 Å². The second-order valence-corrected chi connectivity index (χ2v) is 5.47. The number of carbonyl (C=O) groups excluding carboxylic acids is 3. The van der Waals surface area contributed by atoms with Crippen LogP contribution < -0.4 is 5.32 Å². The van der Waals surface area contributed by atoms with Crippen LogP contribution in [0, 0.1) is 0 Å². The maximum absolute atomic E-state index is 11.0. The Kier molecular flexibility index (Phi) is 6.15. The van der Waals surface area contributed by atoms with Gasteiger partial charge in [-0.05, 0) is 33.6 Å². The highest BCUT2D eigenvalue weighted by atomic mass is 16.2. The highest BCUT2D eigenvalue weighted by Crippen LogP contribution is 2.21. The Labute approximate surface area is 114 Å². The number of hydrogen-bond acceptors (Lipinski definition) is 4. The van der Waals surface area contributed by atoms with E-state index in [0.717, 1.165) is 0 Å². The maximum Gasteiger partial charge on any atom is 0.227 e. The van der Waals surface area contributed by atoms with Crippen molar-refractivity contribution in [1.82, 2.24) is 10.2 Å². The number of Topliss-reactive ketones (excluding diaryl/α,β-unsaturated/α-hetero) is 1. The van der Waals surface area contributed by atoms with Crippen molar-refractivity contribution in [1.29, 1.82) is 0 Å². The van der Waals surface area contributed by atoms with E-state index in [-0.39, 0.29) is 17.6 Å². The SMILES string of the molecule is CC(=O)CN1C(C)CCCC1C.O=C1CCC(=O)N1. The highest BCUT2D eigenvalue weighted by molar-refractivity contribution is 6.01. The summed E-state index contributed by atoms with van der Waals surface area (Å²) in [5, 5.41) is 2.14. The van der Waals surface area contributed by atoms with Gasteiger partial charge >= 0.3 is 0 Å². The van der Waals surface area contributed by atoms with E-state index in [2.05, 4.69) is 24.1 Å². The molecule has 2 rings (SSSR count). The third kappa shape index (κ3) is 5.51. The zero-order valence-electron chi connectivity index (χ0n) is 12.1. The zero-order valence-corrected chi connectivity index (χ0v) is 12.1. The first-order valence-corrected chi connectivity index (χ1v) is 6.98. The van der Waals surface area contributed by atoms with Gasteiger partial charge in [0.15, 0.2) is 0 Å². The van der Waals surface area contributed by atoms with Gasteiger partial charge in [-0.3, -0.25) is 24.6 Å². The van der Waals surface area contributed by atoms with Crippen LogP contribution in [0.5, 0.6) is 0 Å². The molecule has 0 aromatic rings. The van der Waals surface area contributed by atoms with Crippen molar-refractivity contribution in [2.45, 2.75) is 65.0 Å². The van der Waals surface area contributed by atoms with Gasteiger partial charge in [-0.2, -0.15) is 0 Å². The number of ketones is 1. The predicted octanol–water partition coefficient (Wildman–Crippen LogP) is 1.26. The molecular formula is C14H24N2O3. The van der Waals surface area contributed by atoms with Gasteiger partial charge in [0.1, 0.15) is 5.78 Å². The molecule has 2 aliphatic rings. The number of imide groups is 1. The molecular weight excluding hydrogens is 244 g/mol. The van der Waals surface area contributed by atoms with Crippen molar-refractivity contribution in [3.8, 4) is 0 Å². The van der Waals surface area contributed by atoms with Gasteiger partial charge in [-0.1, -0.05) is 6.42 Å². The maximum atomic E-state index is 11.0. The lowest BCUT2D eigenvalue weighted by Gasteiger charge is -2.38. The van der Waals surface area contributed by atoms with E-state index < -0.39 is 0 Å². The number of nitrogens with zero attached hydrogens (tertiary/aromatic N) is 1. The fourth-order valence-electron chi connectivity index (χ4n) is 2.55. The fourth-order valence-corrected chi connectivity index (χ4v) is 2.55. The summed E-state index contributed by atoms with van der Waals surface area (Å²) in [6.07, 6.45) is 4.56. The first-order chi connectivity index (χ1) is 8.90. The van der Waals surface area contributed by atoms with E-state index in [4.69, 9.17) is 0 Å². The van der Waals surface area contributed by atoms with Crippen molar-refractivity contribution in [3.05, 3.63) is 0 Å². The Balaban J connectivity index is 0.000000218. The summed E-state index contributed by atoms with van der Waals surface area (Å²) in [7, 11) is 0. The van der Waals surface area contributed by atoms with Crippen LogP contribution in [-0.4, -0.2) is 41.1 Å². The zero-order chi connectivity index (χ0) is 14.4. The molecule has 2 aliphatic heterocycles. The molecule has 2 fully saturated rings. The summed E-state index contributed by atoms with van der Waals surface area (Å²) in [6, 6.07) is 1.19. The van der Waals surface area contributed by atoms with Crippen LogP contribution in [0.15, 0.2) is 0 Å². The standard InChI is InChI=1S/C10H19NO.C4H5NO2/c1-8-5-4-6-9(2)11(8)7-10(3)12;6-3-1-2-4(7)5-3/h8-9H,4-7H2,1-3H3;1-2H2,(H,5,6,7). The molecule has 1 N–H and O–H groups in total. The normalized spacial score (nSPS) is 27.5. The first-order valence-electron chi connectivity index (χ1n) is 6.98. The van der Waals surface area contributed by atoms with Crippen LogP contribution >= 0.6 is 0 Å². The van der Waals surface area contributed by atoms with E-state index in [1.807, 2.05) is 0 Å². The number of amides is 2. The van der Waals surface area contributed by atoms with Gasteiger partial charge < -0.3 is 0 Å². The second kappa shape index (κ2) is 7.38. The van der Waals surface area contributed by atoms with Crippen molar-refractivity contribution in [3.63, 3.8) is 0 Å². The second-order valence-electron chi connectivity index (χ2n) is 5.47. The molecule has 2 amide bonds. The molecule has 2 atom stereocenters. The van der Waals surface area contributed by atoms with Crippen molar-refractivity contribution in [2.75, 3.05) is 6.54 Å². The van der Waals surface area contributed by atoms with Gasteiger partial charge in [0.25, 0.3) is 0 Å². The van der Waals surface area contributed by atoms with Crippen molar-refractivity contribution < 1.29 is 14.4 Å². The monoisotopic (exact) mass is 268 g/mol. The molecule has 5 nitrogen and oxygen atoms in total. The topological polar surface area (TPSA) is 66.5 Å². The summed E-state index contributed by atoms with van der Waals surface area (Å²) in [5.74, 6) is -0.00870. The Morgan fingerprint density at radius 1 is 1.16 bits per heavy atom. The van der Waals surface area contributed by atoms with Crippen molar-refractivity contribution in [2.24, 2.45) is 0 Å². The molecule has 2 unspecified atom stereocenters. The average Bonchev–Trinajstić information content (AvgIpc) is 2.68. The first kappa shape index (κ1) is 15.8. The van der Waals surface area contributed by atoms with Crippen LogP contribution in [0.3, 0.4) is 0 Å². The van der Waals surface area contributed by atoms with E-state index in [1.54, 1.807) is 6.92 Å². The average molecular weight is 268 g/mol. The summed E-state index contributed by atoms with van der Waals surface area (Å²) in [4.78, 5) is 33.5. The molecule has 0 radical (unpaired) electrons. The Bertz CT molecular complexity index is 331. The minimum Gasteiger partial charge on any atom is -0.299 e.